The molecule has 0 saturated heterocycles. The molecule has 0 fully saturated rings. The van der Waals surface area contributed by atoms with Crippen LogP contribution in [0.2, 0.25) is 0 Å². The molecule has 0 spiro atoms. The van der Waals surface area contributed by atoms with Crippen LogP contribution in [0.5, 0.6) is 17.2 Å². The quantitative estimate of drug-likeness (QED) is 0.629. The number of methoxy groups -OCH3 is 3. The number of primary amides is 1. The zero-order chi connectivity index (χ0) is 22.1. The summed E-state index contributed by atoms with van der Waals surface area (Å²) in [6, 6.07) is 12.3. The van der Waals surface area contributed by atoms with Gasteiger partial charge < -0.3 is 25.3 Å². The first-order valence-electron chi connectivity index (χ1n) is 9.57. The molecule has 0 unspecified atom stereocenters. The van der Waals surface area contributed by atoms with Crippen LogP contribution in [-0.4, -0.2) is 42.0 Å². The van der Waals surface area contributed by atoms with Crippen molar-refractivity contribution < 1.29 is 19.0 Å². The van der Waals surface area contributed by atoms with Crippen molar-refractivity contribution in [3.63, 3.8) is 0 Å². The number of hydrogen-bond donors (Lipinski definition) is 2. The van der Waals surface area contributed by atoms with Gasteiger partial charge in [0.05, 0.1) is 26.9 Å². The number of fused-ring (bicyclic) bond motifs is 1. The minimum Gasteiger partial charge on any atom is -0.497 e. The number of aromatic nitrogens is 3. The van der Waals surface area contributed by atoms with Crippen LogP contribution in [0.15, 0.2) is 53.7 Å². The molecule has 2 heterocycles. The van der Waals surface area contributed by atoms with E-state index in [2.05, 4.69) is 15.4 Å². The number of anilines is 1. The van der Waals surface area contributed by atoms with Crippen LogP contribution in [-0.2, 0) is 4.79 Å². The smallest absolute Gasteiger partial charge is 0.248 e. The Labute approximate surface area is 179 Å². The lowest BCUT2D eigenvalue weighted by atomic mass is 9.95. The first kappa shape index (κ1) is 20.3. The summed E-state index contributed by atoms with van der Waals surface area (Å²) in [4.78, 5) is 17.0. The van der Waals surface area contributed by atoms with Crippen molar-refractivity contribution in [1.82, 2.24) is 14.8 Å². The summed E-state index contributed by atoms with van der Waals surface area (Å²) in [5, 5.41) is 7.83. The largest absolute Gasteiger partial charge is 0.497 e. The highest BCUT2D eigenvalue weighted by atomic mass is 16.5. The molecule has 1 aliphatic heterocycles. The molecule has 3 aromatic rings. The van der Waals surface area contributed by atoms with Crippen molar-refractivity contribution in [2.45, 2.75) is 13.0 Å². The van der Waals surface area contributed by atoms with E-state index in [0.717, 1.165) is 16.9 Å². The number of carbonyl (C=O) groups is 1. The zero-order valence-electron chi connectivity index (χ0n) is 17.7. The number of rotatable bonds is 6. The Bertz CT molecular complexity index is 1170. The van der Waals surface area contributed by atoms with Crippen molar-refractivity contribution in [1.29, 1.82) is 0 Å². The van der Waals surface area contributed by atoms with Gasteiger partial charge in [0.1, 0.15) is 11.8 Å². The second-order valence-electron chi connectivity index (χ2n) is 6.98. The topological polar surface area (TPSA) is 114 Å². The second-order valence-corrected chi connectivity index (χ2v) is 6.98. The molecule has 9 heteroatoms. The minimum absolute atomic E-state index is 0.394. The Morgan fingerprint density at radius 3 is 2.35 bits per heavy atom. The van der Waals surface area contributed by atoms with E-state index in [1.54, 1.807) is 39.0 Å². The molecule has 0 aliphatic carbocycles. The lowest BCUT2D eigenvalue weighted by Crippen LogP contribution is -2.31. The molecule has 0 radical (unpaired) electrons. The van der Waals surface area contributed by atoms with Gasteiger partial charge in [-0.2, -0.15) is 4.98 Å². The van der Waals surface area contributed by atoms with Gasteiger partial charge in [0, 0.05) is 11.3 Å². The highest BCUT2D eigenvalue weighted by Gasteiger charge is 2.34. The summed E-state index contributed by atoms with van der Waals surface area (Å²) in [5.74, 6) is 2.33. The fourth-order valence-corrected chi connectivity index (χ4v) is 3.66. The molecule has 4 rings (SSSR count). The molecule has 0 saturated carbocycles. The zero-order valence-corrected chi connectivity index (χ0v) is 17.7. The molecule has 1 aromatic heterocycles. The van der Waals surface area contributed by atoms with Gasteiger partial charge in [0.15, 0.2) is 17.3 Å². The summed E-state index contributed by atoms with van der Waals surface area (Å²) >= 11 is 0. The first-order valence-corrected chi connectivity index (χ1v) is 9.57. The molecule has 1 aliphatic rings. The van der Waals surface area contributed by atoms with E-state index in [1.165, 1.54) is 0 Å². The van der Waals surface area contributed by atoms with Gasteiger partial charge in [-0.05, 0) is 48.9 Å². The number of nitrogens with one attached hydrogen (secondary N) is 1. The maximum atomic E-state index is 12.4. The monoisotopic (exact) mass is 421 g/mol. The van der Waals surface area contributed by atoms with Gasteiger partial charge in [0.2, 0.25) is 11.9 Å². The number of benzene rings is 2. The van der Waals surface area contributed by atoms with Gasteiger partial charge in [-0.3, -0.25) is 4.79 Å². The fraction of sp³-hybridized carbons (Fsp3) is 0.227. The van der Waals surface area contributed by atoms with E-state index < -0.39 is 11.9 Å². The third-order valence-electron chi connectivity index (χ3n) is 5.19. The minimum atomic E-state index is -0.576. The summed E-state index contributed by atoms with van der Waals surface area (Å²) in [6.07, 6.45) is 0. The highest BCUT2D eigenvalue weighted by molar-refractivity contribution is 5.95. The average molecular weight is 421 g/mol. The van der Waals surface area contributed by atoms with Crippen molar-refractivity contribution >= 4 is 11.9 Å². The molecule has 31 heavy (non-hydrogen) atoms. The van der Waals surface area contributed by atoms with Crippen molar-refractivity contribution in [3.8, 4) is 28.6 Å². The van der Waals surface area contributed by atoms with Crippen LogP contribution in [0.3, 0.4) is 0 Å². The number of nitrogens with zero attached hydrogens (tertiary/aromatic N) is 3. The summed E-state index contributed by atoms with van der Waals surface area (Å²) < 4.78 is 17.7. The van der Waals surface area contributed by atoms with E-state index >= 15 is 0 Å². The molecular weight excluding hydrogens is 398 g/mol. The summed E-state index contributed by atoms with van der Waals surface area (Å²) in [5.41, 5.74) is 8.34. The fourth-order valence-electron chi connectivity index (χ4n) is 3.66. The lowest BCUT2D eigenvalue weighted by molar-refractivity contribution is -0.115. The molecule has 2 aromatic carbocycles. The summed E-state index contributed by atoms with van der Waals surface area (Å²) in [6.45, 7) is 1.79. The van der Waals surface area contributed by atoms with Gasteiger partial charge >= 0.3 is 0 Å². The molecule has 0 bridgehead atoms. The first-order chi connectivity index (χ1) is 15.0. The maximum Gasteiger partial charge on any atom is 0.248 e. The number of ether oxygens (including phenoxy) is 3. The van der Waals surface area contributed by atoms with Crippen LogP contribution in [0.25, 0.3) is 11.4 Å². The Balaban J connectivity index is 1.85. The molecule has 9 nitrogen and oxygen atoms in total. The molecule has 160 valence electrons. The number of nitrogens with two attached hydrogens (primary N) is 1. The standard InChI is InChI=1S/C22H23N5O4/c1-12-18(20(23)28)19(14-7-10-16(30-3)17(11-14)31-4)27-22(24-12)25-21(26-27)13-5-8-15(29-2)9-6-13/h5-11,19H,1-4H3,(H2,23,28)(H,24,25,26)/t19-/m0/s1. The number of hydrogen-bond acceptors (Lipinski definition) is 7. The van der Waals surface area contributed by atoms with Crippen LogP contribution in [0, 0.1) is 0 Å². The van der Waals surface area contributed by atoms with E-state index in [4.69, 9.17) is 19.9 Å². The molecule has 1 atom stereocenters. The Hall–Kier alpha value is -4.01. The number of carbonyl (C=O) groups excluding carboxylic acids is 1. The molecule has 1 amide bonds. The Kier molecular flexibility index (Phi) is 5.24. The van der Waals surface area contributed by atoms with Crippen molar-refractivity contribution in [2.24, 2.45) is 5.73 Å². The average Bonchev–Trinajstić information content (AvgIpc) is 3.21. The second kappa shape index (κ2) is 8.02. The van der Waals surface area contributed by atoms with Crippen LogP contribution in [0.4, 0.5) is 5.95 Å². The number of amides is 1. The van der Waals surface area contributed by atoms with Gasteiger partial charge in [-0.15, -0.1) is 5.10 Å². The molecule has 3 N–H and O–H groups in total. The van der Waals surface area contributed by atoms with Crippen molar-refractivity contribution in [3.05, 3.63) is 59.3 Å². The third kappa shape index (κ3) is 3.54. The van der Waals surface area contributed by atoms with E-state index in [0.29, 0.717) is 34.5 Å². The van der Waals surface area contributed by atoms with E-state index in [1.807, 2.05) is 36.4 Å². The van der Waals surface area contributed by atoms with E-state index in [-0.39, 0.29) is 0 Å². The van der Waals surface area contributed by atoms with Gasteiger partial charge in [-0.1, -0.05) is 6.07 Å². The van der Waals surface area contributed by atoms with Crippen molar-refractivity contribution in [2.75, 3.05) is 26.6 Å². The SMILES string of the molecule is COc1ccc(-c2nc3n(n2)[C@@H](c2ccc(OC)c(OC)c2)C(C(N)=O)=C(C)N3)cc1. The predicted molar refractivity (Wildman–Crippen MR) is 115 cm³/mol. The predicted octanol–water partition coefficient (Wildman–Crippen LogP) is 2.75. The van der Waals surface area contributed by atoms with Gasteiger partial charge in [0.25, 0.3) is 0 Å². The highest BCUT2D eigenvalue weighted by Crippen LogP contribution is 2.39. The summed E-state index contributed by atoms with van der Waals surface area (Å²) in [7, 11) is 4.74. The molecular formula is C22H23N5O4. The normalized spacial score (nSPS) is 15.2. The van der Waals surface area contributed by atoms with Crippen LogP contribution >= 0.6 is 0 Å². The maximum absolute atomic E-state index is 12.4. The van der Waals surface area contributed by atoms with Crippen LogP contribution in [0.1, 0.15) is 18.5 Å². The van der Waals surface area contributed by atoms with Crippen LogP contribution < -0.4 is 25.3 Å². The third-order valence-corrected chi connectivity index (χ3v) is 5.19. The Morgan fingerprint density at radius 2 is 1.74 bits per heavy atom. The van der Waals surface area contributed by atoms with E-state index in [9.17, 15) is 4.79 Å². The van der Waals surface area contributed by atoms with Gasteiger partial charge in [-0.25, -0.2) is 4.68 Å². The Morgan fingerprint density at radius 1 is 1.03 bits per heavy atom. The number of allylic oxidation sites excluding steroid dienone is 1. The lowest BCUT2D eigenvalue weighted by Gasteiger charge is -2.28.